The van der Waals surface area contributed by atoms with Crippen molar-refractivity contribution in [3.63, 3.8) is 0 Å². The Balaban J connectivity index is 3.90. The van der Waals surface area contributed by atoms with E-state index >= 15 is 0 Å². The van der Waals surface area contributed by atoms with Crippen LogP contribution in [0.2, 0.25) is 0 Å². The Bertz CT molecular complexity index is 375. The van der Waals surface area contributed by atoms with Crippen molar-refractivity contribution in [2.75, 3.05) is 13.2 Å². The van der Waals surface area contributed by atoms with Crippen LogP contribution in [0.15, 0.2) is 12.7 Å². The molecule has 0 rings (SSSR count). The Morgan fingerprint density at radius 2 is 1.94 bits per heavy atom. The van der Waals surface area contributed by atoms with Gasteiger partial charge in [-0.2, -0.15) is 8.42 Å². The quantitative estimate of drug-likeness (QED) is 0.298. The highest BCUT2D eigenvalue weighted by Gasteiger charge is 2.36. The third-order valence-corrected chi connectivity index (χ3v) is 4.04. The van der Waals surface area contributed by atoms with E-state index in [1.165, 1.54) is 6.92 Å². The highest BCUT2D eigenvalue weighted by Crippen LogP contribution is 2.22. The second kappa shape index (κ2) is 7.50. The number of unbranched alkanes of at least 4 members (excludes halogenated alkanes) is 1. The molecular formula is C11H20O6S. The van der Waals surface area contributed by atoms with Crippen molar-refractivity contribution >= 4 is 16.1 Å². The van der Waals surface area contributed by atoms with Crippen molar-refractivity contribution < 1.29 is 27.2 Å². The van der Waals surface area contributed by atoms with E-state index in [0.29, 0.717) is 12.8 Å². The zero-order valence-corrected chi connectivity index (χ0v) is 11.5. The summed E-state index contributed by atoms with van der Waals surface area (Å²) in [5.41, 5.74) is 0. The maximum absolute atomic E-state index is 11.1. The van der Waals surface area contributed by atoms with Crippen LogP contribution in [0, 0.1) is 0 Å². The van der Waals surface area contributed by atoms with Crippen LogP contribution in [-0.2, 0) is 24.4 Å². The molecule has 0 amide bonds. The van der Waals surface area contributed by atoms with Gasteiger partial charge in [-0.1, -0.05) is 13.5 Å². The van der Waals surface area contributed by atoms with E-state index in [1.807, 2.05) is 0 Å². The number of carbonyl (C=O) groups is 1. The minimum atomic E-state index is -4.25. The average molecular weight is 280 g/mol. The zero-order chi connectivity index (χ0) is 14.2. The maximum atomic E-state index is 11.1. The number of hydrogen-bond acceptors (Lipinski definition) is 5. The smallest absolute Gasteiger partial charge is 0.330 e. The third-order valence-electron chi connectivity index (χ3n) is 2.54. The Labute approximate surface area is 108 Å². The molecule has 0 aliphatic rings. The van der Waals surface area contributed by atoms with Gasteiger partial charge in [0.2, 0.25) is 0 Å². The minimum Gasteiger partial charge on any atom is -0.463 e. The van der Waals surface area contributed by atoms with Gasteiger partial charge >= 0.3 is 5.97 Å². The molecule has 0 radical (unpaired) electrons. The largest absolute Gasteiger partial charge is 0.463 e. The second-order valence-corrected chi connectivity index (χ2v) is 5.70. The number of carbonyl (C=O) groups excluding carboxylic acids is 1. The van der Waals surface area contributed by atoms with Gasteiger partial charge in [0.1, 0.15) is 0 Å². The second-order valence-electron chi connectivity index (χ2n) is 3.89. The summed E-state index contributed by atoms with van der Waals surface area (Å²) in [4.78, 5) is 9.12. The van der Waals surface area contributed by atoms with Crippen LogP contribution in [0.25, 0.3) is 0 Å². The molecule has 0 aliphatic heterocycles. The molecule has 0 saturated carbocycles. The molecule has 1 atom stereocenters. The van der Waals surface area contributed by atoms with Crippen LogP contribution in [0.5, 0.6) is 0 Å². The van der Waals surface area contributed by atoms with Gasteiger partial charge in [0.25, 0.3) is 10.1 Å². The van der Waals surface area contributed by atoms with E-state index in [0.717, 1.165) is 6.08 Å². The van der Waals surface area contributed by atoms with Crippen molar-refractivity contribution in [2.45, 2.75) is 38.0 Å². The molecule has 0 bridgehead atoms. The van der Waals surface area contributed by atoms with Crippen molar-refractivity contribution in [3.05, 3.63) is 12.7 Å². The maximum Gasteiger partial charge on any atom is 0.330 e. The molecule has 0 aliphatic carbocycles. The van der Waals surface area contributed by atoms with E-state index in [9.17, 15) is 13.2 Å². The highest BCUT2D eigenvalue weighted by atomic mass is 32.2. The number of esters is 1. The Hall–Kier alpha value is -0.920. The summed E-state index contributed by atoms with van der Waals surface area (Å²) < 4.78 is 41.1. The molecule has 0 saturated heterocycles. The SMILES string of the molecule is C=CC(=O)OCCCCOC(C)(CC)S(=O)(=O)O. The van der Waals surface area contributed by atoms with Gasteiger partial charge in [-0.25, -0.2) is 4.79 Å². The summed E-state index contributed by atoms with van der Waals surface area (Å²) >= 11 is 0. The summed E-state index contributed by atoms with van der Waals surface area (Å²) in [6.45, 7) is 6.57. The molecule has 0 aromatic carbocycles. The fourth-order valence-electron chi connectivity index (χ4n) is 1.08. The lowest BCUT2D eigenvalue weighted by atomic mass is 10.3. The third kappa shape index (κ3) is 5.61. The molecule has 0 spiro atoms. The first-order chi connectivity index (χ1) is 8.27. The molecule has 1 N–H and O–H groups in total. The average Bonchev–Trinajstić information content (AvgIpc) is 2.31. The molecule has 0 fully saturated rings. The molecule has 106 valence electrons. The van der Waals surface area contributed by atoms with Gasteiger partial charge in [0, 0.05) is 12.7 Å². The van der Waals surface area contributed by atoms with Crippen LogP contribution in [0.4, 0.5) is 0 Å². The highest BCUT2D eigenvalue weighted by molar-refractivity contribution is 7.87. The first kappa shape index (κ1) is 17.1. The standard InChI is InChI=1S/C11H20O6S/c1-4-10(12)16-8-6-7-9-17-11(3,5-2)18(13,14)15/h4H,1,5-9H2,2-3H3,(H,13,14,15). The molecule has 0 aromatic rings. The van der Waals surface area contributed by atoms with Crippen LogP contribution in [0.1, 0.15) is 33.1 Å². The lowest BCUT2D eigenvalue weighted by molar-refractivity contribution is -0.137. The van der Waals surface area contributed by atoms with Gasteiger partial charge < -0.3 is 9.47 Å². The van der Waals surface area contributed by atoms with E-state index in [2.05, 4.69) is 6.58 Å². The van der Waals surface area contributed by atoms with Crippen LogP contribution >= 0.6 is 0 Å². The molecule has 0 heterocycles. The van der Waals surface area contributed by atoms with Crippen molar-refractivity contribution in [3.8, 4) is 0 Å². The summed E-state index contributed by atoms with van der Waals surface area (Å²) in [6, 6.07) is 0. The van der Waals surface area contributed by atoms with E-state index < -0.39 is 21.0 Å². The van der Waals surface area contributed by atoms with Crippen molar-refractivity contribution in [1.29, 1.82) is 0 Å². The summed E-state index contributed by atoms with van der Waals surface area (Å²) in [6.07, 6.45) is 2.29. The lowest BCUT2D eigenvalue weighted by Gasteiger charge is -2.24. The van der Waals surface area contributed by atoms with Crippen molar-refractivity contribution in [2.24, 2.45) is 0 Å². The topological polar surface area (TPSA) is 89.9 Å². The normalized spacial score (nSPS) is 14.8. The first-order valence-electron chi connectivity index (χ1n) is 5.67. The molecule has 7 heteroatoms. The summed E-state index contributed by atoms with van der Waals surface area (Å²) in [5.74, 6) is -0.493. The minimum absolute atomic E-state index is 0.150. The van der Waals surface area contributed by atoms with E-state index in [4.69, 9.17) is 14.0 Å². The van der Waals surface area contributed by atoms with Crippen LogP contribution < -0.4 is 0 Å². The number of rotatable bonds is 9. The summed E-state index contributed by atoms with van der Waals surface area (Å²) in [7, 11) is -4.25. The van der Waals surface area contributed by atoms with Crippen LogP contribution in [0.3, 0.4) is 0 Å². The van der Waals surface area contributed by atoms with E-state index in [1.54, 1.807) is 6.92 Å². The Kier molecular flexibility index (Phi) is 7.12. The van der Waals surface area contributed by atoms with Gasteiger partial charge in [-0.15, -0.1) is 0 Å². The van der Waals surface area contributed by atoms with Crippen molar-refractivity contribution in [1.82, 2.24) is 0 Å². The lowest BCUT2D eigenvalue weighted by Crippen LogP contribution is -2.37. The Morgan fingerprint density at radius 3 is 2.39 bits per heavy atom. The predicted molar refractivity (Wildman–Crippen MR) is 66.6 cm³/mol. The van der Waals surface area contributed by atoms with Gasteiger partial charge in [0.15, 0.2) is 4.93 Å². The molecule has 18 heavy (non-hydrogen) atoms. The molecule has 6 nitrogen and oxygen atoms in total. The molecule has 1 unspecified atom stereocenters. The van der Waals surface area contributed by atoms with Crippen LogP contribution in [-0.4, -0.2) is 37.1 Å². The number of hydrogen-bond donors (Lipinski definition) is 1. The molecular weight excluding hydrogens is 260 g/mol. The predicted octanol–water partition coefficient (Wildman–Crippen LogP) is 1.53. The van der Waals surface area contributed by atoms with Gasteiger partial charge in [0.05, 0.1) is 6.61 Å². The summed E-state index contributed by atoms with van der Waals surface area (Å²) in [5, 5.41) is 0. The molecule has 0 aromatic heterocycles. The van der Waals surface area contributed by atoms with Gasteiger partial charge in [-0.05, 0) is 26.2 Å². The zero-order valence-electron chi connectivity index (χ0n) is 10.7. The monoisotopic (exact) mass is 280 g/mol. The van der Waals surface area contributed by atoms with E-state index in [-0.39, 0.29) is 19.6 Å². The van der Waals surface area contributed by atoms with Gasteiger partial charge in [-0.3, -0.25) is 4.55 Å². The fourth-order valence-corrected chi connectivity index (χ4v) is 1.68. The Morgan fingerprint density at radius 1 is 1.39 bits per heavy atom. The first-order valence-corrected chi connectivity index (χ1v) is 7.11. The fraction of sp³-hybridized carbons (Fsp3) is 0.727. The number of ether oxygens (including phenoxy) is 2.